The molecular weight excluding hydrogens is 354 g/mol. The van der Waals surface area contributed by atoms with Gasteiger partial charge in [-0.25, -0.2) is 4.79 Å². The van der Waals surface area contributed by atoms with Crippen LogP contribution in [0, 0.1) is 0 Å². The van der Waals surface area contributed by atoms with E-state index in [1.807, 2.05) is 53.4 Å². The Kier molecular flexibility index (Phi) is 6.19. The number of carbonyl (C=O) groups excluding carboxylic acids is 2. The van der Waals surface area contributed by atoms with Gasteiger partial charge in [0.25, 0.3) is 5.91 Å². The van der Waals surface area contributed by atoms with Gasteiger partial charge in [0, 0.05) is 38.8 Å². The number of hydrogen-bond donors (Lipinski definition) is 1. The SMILES string of the molecule is COc1cccc(-c2ccc(C(=O)N3CCC(NC(=O)N(C)C)CC3)cc2)c1. The van der Waals surface area contributed by atoms with E-state index >= 15 is 0 Å². The molecule has 0 aliphatic carbocycles. The van der Waals surface area contributed by atoms with Crippen LogP contribution in [0.1, 0.15) is 23.2 Å². The fourth-order valence-electron chi connectivity index (χ4n) is 3.32. The third-order valence-corrected chi connectivity index (χ3v) is 5.05. The van der Waals surface area contributed by atoms with Gasteiger partial charge in [0.15, 0.2) is 0 Å². The summed E-state index contributed by atoms with van der Waals surface area (Å²) in [7, 11) is 5.10. The number of carbonyl (C=O) groups is 2. The van der Waals surface area contributed by atoms with Gasteiger partial charge >= 0.3 is 6.03 Å². The second-order valence-corrected chi connectivity index (χ2v) is 7.22. The smallest absolute Gasteiger partial charge is 0.317 e. The molecule has 0 spiro atoms. The van der Waals surface area contributed by atoms with Crippen LogP contribution in [0.2, 0.25) is 0 Å². The molecule has 2 aromatic carbocycles. The van der Waals surface area contributed by atoms with E-state index in [4.69, 9.17) is 4.74 Å². The van der Waals surface area contributed by atoms with Crippen LogP contribution in [0.3, 0.4) is 0 Å². The fourth-order valence-corrected chi connectivity index (χ4v) is 3.32. The largest absolute Gasteiger partial charge is 0.497 e. The standard InChI is InChI=1S/C22H27N3O3/c1-24(2)22(27)23-19-11-13-25(14-12-19)21(26)17-9-7-16(8-10-17)18-5-4-6-20(15-18)28-3/h4-10,15,19H,11-14H2,1-3H3,(H,23,27). The zero-order valence-electron chi connectivity index (χ0n) is 16.6. The Hall–Kier alpha value is -3.02. The van der Waals surface area contributed by atoms with Crippen molar-refractivity contribution in [2.24, 2.45) is 0 Å². The van der Waals surface area contributed by atoms with Crippen molar-refractivity contribution in [3.8, 4) is 16.9 Å². The maximum Gasteiger partial charge on any atom is 0.317 e. The highest BCUT2D eigenvalue weighted by atomic mass is 16.5. The highest BCUT2D eigenvalue weighted by molar-refractivity contribution is 5.94. The monoisotopic (exact) mass is 381 g/mol. The van der Waals surface area contributed by atoms with Gasteiger partial charge in [-0.15, -0.1) is 0 Å². The molecule has 1 N–H and O–H groups in total. The highest BCUT2D eigenvalue weighted by Crippen LogP contribution is 2.24. The maximum absolute atomic E-state index is 12.8. The van der Waals surface area contributed by atoms with Gasteiger partial charge < -0.3 is 19.9 Å². The van der Waals surface area contributed by atoms with Gasteiger partial charge in [-0.1, -0.05) is 24.3 Å². The lowest BCUT2D eigenvalue weighted by Crippen LogP contribution is -2.48. The molecule has 0 atom stereocenters. The molecule has 0 aromatic heterocycles. The minimum Gasteiger partial charge on any atom is -0.497 e. The molecule has 28 heavy (non-hydrogen) atoms. The molecule has 1 aliphatic heterocycles. The normalized spacial score (nSPS) is 14.5. The first kappa shape index (κ1) is 19.7. The van der Waals surface area contributed by atoms with Crippen LogP contribution in [-0.4, -0.2) is 62.1 Å². The van der Waals surface area contributed by atoms with E-state index in [0.717, 1.165) is 29.7 Å². The van der Waals surface area contributed by atoms with E-state index in [1.165, 1.54) is 4.90 Å². The highest BCUT2D eigenvalue weighted by Gasteiger charge is 2.24. The molecule has 1 aliphatic rings. The first-order chi connectivity index (χ1) is 13.5. The molecule has 1 fully saturated rings. The third kappa shape index (κ3) is 4.63. The molecule has 2 aromatic rings. The van der Waals surface area contributed by atoms with Crippen LogP contribution >= 0.6 is 0 Å². The van der Waals surface area contributed by atoms with Crippen molar-refractivity contribution in [3.63, 3.8) is 0 Å². The van der Waals surface area contributed by atoms with Crippen molar-refractivity contribution in [1.29, 1.82) is 0 Å². The van der Waals surface area contributed by atoms with Crippen LogP contribution < -0.4 is 10.1 Å². The van der Waals surface area contributed by atoms with E-state index in [9.17, 15) is 9.59 Å². The number of ether oxygens (including phenoxy) is 1. The second-order valence-electron chi connectivity index (χ2n) is 7.22. The Balaban J connectivity index is 1.60. The predicted molar refractivity (Wildman–Crippen MR) is 110 cm³/mol. The molecule has 0 saturated carbocycles. The molecule has 0 radical (unpaired) electrons. The van der Waals surface area contributed by atoms with Gasteiger partial charge in [-0.05, 0) is 48.2 Å². The number of rotatable bonds is 4. The Morgan fingerprint density at radius 3 is 2.32 bits per heavy atom. The summed E-state index contributed by atoms with van der Waals surface area (Å²) < 4.78 is 5.27. The number of methoxy groups -OCH3 is 1. The van der Waals surface area contributed by atoms with Crippen molar-refractivity contribution >= 4 is 11.9 Å². The van der Waals surface area contributed by atoms with Crippen molar-refractivity contribution < 1.29 is 14.3 Å². The summed E-state index contributed by atoms with van der Waals surface area (Å²) in [5, 5.41) is 2.99. The topological polar surface area (TPSA) is 61.9 Å². The van der Waals surface area contributed by atoms with E-state index in [-0.39, 0.29) is 18.0 Å². The lowest BCUT2D eigenvalue weighted by molar-refractivity contribution is 0.0707. The molecule has 148 valence electrons. The summed E-state index contributed by atoms with van der Waals surface area (Å²) in [5.74, 6) is 0.844. The van der Waals surface area contributed by atoms with Gasteiger partial charge in [-0.2, -0.15) is 0 Å². The number of amides is 3. The maximum atomic E-state index is 12.8. The van der Waals surface area contributed by atoms with Crippen molar-refractivity contribution in [2.75, 3.05) is 34.3 Å². The van der Waals surface area contributed by atoms with Crippen LogP contribution in [0.4, 0.5) is 4.79 Å². The summed E-state index contributed by atoms with van der Waals surface area (Å²) in [6.07, 6.45) is 1.54. The Labute approximate surface area is 166 Å². The number of hydrogen-bond acceptors (Lipinski definition) is 3. The van der Waals surface area contributed by atoms with Crippen LogP contribution in [0.15, 0.2) is 48.5 Å². The van der Waals surface area contributed by atoms with Crippen molar-refractivity contribution in [1.82, 2.24) is 15.1 Å². The van der Waals surface area contributed by atoms with Crippen molar-refractivity contribution in [2.45, 2.75) is 18.9 Å². The fraction of sp³-hybridized carbons (Fsp3) is 0.364. The minimum atomic E-state index is -0.0853. The number of urea groups is 1. The van der Waals surface area contributed by atoms with Gasteiger partial charge in [-0.3, -0.25) is 4.79 Å². The molecule has 6 heteroatoms. The first-order valence-corrected chi connectivity index (χ1v) is 9.49. The van der Waals surface area contributed by atoms with E-state index in [2.05, 4.69) is 5.32 Å². The van der Waals surface area contributed by atoms with E-state index < -0.39 is 0 Å². The van der Waals surface area contributed by atoms with Crippen LogP contribution in [0.5, 0.6) is 5.75 Å². The molecule has 0 bridgehead atoms. The average Bonchev–Trinajstić information content (AvgIpc) is 2.74. The Morgan fingerprint density at radius 2 is 1.71 bits per heavy atom. The molecule has 3 rings (SSSR count). The van der Waals surface area contributed by atoms with Crippen LogP contribution in [-0.2, 0) is 0 Å². The second kappa shape index (κ2) is 8.78. The Bertz CT molecular complexity index is 825. The molecule has 3 amide bonds. The summed E-state index contributed by atoms with van der Waals surface area (Å²) in [6.45, 7) is 1.30. The Morgan fingerprint density at radius 1 is 1.04 bits per heavy atom. The first-order valence-electron chi connectivity index (χ1n) is 9.49. The van der Waals surface area contributed by atoms with Gasteiger partial charge in [0.05, 0.1) is 7.11 Å². The number of benzene rings is 2. The number of nitrogens with zero attached hydrogens (tertiary/aromatic N) is 2. The predicted octanol–water partition coefficient (Wildman–Crippen LogP) is 3.24. The lowest BCUT2D eigenvalue weighted by Gasteiger charge is -2.33. The van der Waals surface area contributed by atoms with Crippen LogP contribution in [0.25, 0.3) is 11.1 Å². The molecular formula is C22H27N3O3. The summed E-state index contributed by atoms with van der Waals surface area (Å²) in [6, 6.07) is 15.6. The summed E-state index contributed by atoms with van der Waals surface area (Å²) >= 11 is 0. The zero-order chi connectivity index (χ0) is 20.1. The van der Waals surface area contributed by atoms with Gasteiger partial charge in [0.1, 0.15) is 5.75 Å². The molecule has 1 heterocycles. The number of likely N-dealkylation sites (tertiary alicyclic amines) is 1. The molecule has 0 unspecified atom stereocenters. The lowest BCUT2D eigenvalue weighted by atomic mass is 10.0. The third-order valence-electron chi connectivity index (χ3n) is 5.05. The van der Waals surface area contributed by atoms with Crippen molar-refractivity contribution in [3.05, 3.63) is 54.1 Å². The zero-order valence-corrected chi connectivity index (χ0v) is 16.6. The molecule has 6 nitrogen and oxygen atoms in total. The average molecular weight is 381 g/mol. The molecule has 1 saturated heterocycles. The summed E-state index contributed by atoms with van der Waals surface area (Å²) in [4.78, 5) is 27.9. The summed E-state index contributed by atoms with van der Waals surface area (Å²) in [5.41, 5.74) is 2.78. The quantitative estimate of drug-likeness (QED) is 0.884. The minimum absolute atomic E-state index is 0.0366. The number of piperidine rings is 1. The van der Waals surface area contributed by atoms with E-state index in [0.29, 0.717) is 18.7 Å². The number of nitrogens with one attached hydrogen (secondary N) is 1. The van der Waals surface area contributed by atoms with E-state index in [1.54, 1.807) is 21.2 Å². The van der Waals surface area contributed by atoms with Gasteiger partial charge in [0.2, 0.25) is 0 Å².